The van der Waals surface area contributed by atoms with Gasteiger partial charge >= 0.3 is 0 Å². The molecule has 0 aromatic rings. The topological polar surface area (TPSA) is 17.1 Å². The second-order valence-electron chi connectivity index (χ2n) is 3.28. The van der Waals surface area contributed by atoms with Crippen molar-refractivity contribution in [3.63, 3.8) is 0 Å². The van der Waals surface area contributed by atoms with Gasteiger partial charge in [0.15, 0.2) is 0 Å². The van der Waals surface area contributed by atoms with Gasteiger partial charge in [0.25, 0.3) is 0 Å². The first kappa shape index (κ1) is 10.4. The molecule has 0 spiro atoms. The van der Waals surface area contributed by atoms with Crippen molar-refractivity contribution in [2.24, 2.45) is 5.92 Å². The Bertz CT molecular complexity index is 134. The second kappa shape index (κ2) is 6.14. The predicted octanol–water partition coefficient (Wildman–Crippen LogP) is 2.96. The zero-order chi connectivity index (χ0) is 8.69. The molecule has 0 aliphatic heterocycles. The number of hydrogen-bond donors (Lipinski definition) is 0. The van der Waals surface area contributed by atoms with Crippen molar-refractivity contribution in [1.82, 2.24) is 0 Å². The Morgan fingerprint density at radius 3 is 2.45 bits per heavy atom. The number of rotatable bonds is 5. The Morgan fingerprint density at radius 1 is 1.45 bits per heavy atom. The first-order chi connectivity index (χ1) is 5.20. The zero-order valence-electron chi connectivity index (χ0n) is 7.76. The predicted molar refractivity (Wildman–Crippen MR) is 48.5 cm³/mol. The molecular formula is C10H18O. The van der Waals surface area contributed by atoms with Crippen molar-refractivity contribution in [3.8, 4) is 0 Å². The van der Waals surface area contributed by atoms with E-state index in [0.29, 0.717) is 5.92 Å². The fourth-order valence-electron chi connectivity index (χ4n) is 0.885. The fraction of sp³-hybridized carbons (Fsp3) is 0.700. The Hall–Kier alpha value is -0.590. The van der Waals surface area contributed by atoms with Crippen LogP contribution in [0.1, 0.15) is 40.0 Å². The van der Waals surface area contributed by atoms with E-state index in [9.17, 15) is 4.79 Å². The molecule has 1 heteroatoms. The summed E-state index contributed by atoms with van der Waals surface area (Å²) in [5.41, 5.74) is 0.959. The lowest BCUT2D eigenvalue weighted by Gasteiger charge is -1.99. The summed E-state index contributed by atoms with van der Waals surface area (Å²) in [6, 6.07) is 0. The Labute approximate surface area is 69.5 Å². The average Bonchev–Trinajstić information content (AvgIpc) is 1.97. The third-order valence-electron chi connectivity index (χ3n) is 1.54. The summed E-state index contributed by atoms with van der Waals surface area (Å²) in [5.74, 6) is 0.654. The second-order valence-corrected chi connectivity index (χ2v) is 3.28. The van der Waals surface area contributed by atoms with Crippen LogP contribution in [0.4, 0.5) is 0 Å². The smallest absolute Gasteiger partial charge is 0.145 e. The van der Waals surface area contributed by atoms with Crippen LogP contribution in [0.3, 0.4) is 0 Å². The number of carbonyl (C=O) groups is 1. The van der Waals surface area contributed by atoms with Gasteiger partial charge in [-0.1, -0.05) is 33.3 Å². The van der Waals surface area contributed by atoms with Crippen LogP contribution in [0.5, 0.6) is 0 Å². The molecule has 0 unspecified atom stereocenters. The van der Waals surface area contributed by atoms with Crippen molar-refractivity contribution < 1.29 is 4.79 Å². The highest BCUT2D eigenvalue weighted by atomic mass is 16.1. The lowest BCUT2D eigenvalue weighted by Crippen LogP contribution is -1.88. The summed E-state index contributed by atoms with van der Waals surface area (Å²) in [6.07, 6.45) is 6.04. The molecule has 0 heterocycles. The molecule has 11 heavy (non-hydrogen) atoms. The Morgan fingerprint density at radius 2 is 2.09 bits per heavy atom. The molecule has 0 amide bonds. The molecule has 0 aliphatic rings. The van der Waals surface area contributed by atoms with E-state index in [1.54, 1.807) is 0 Å². The van der Waals surface area contributed by atoms with Gasteiger partial charge in [-0.15, -0.1) is 0 Å². The van der Waals surface area contributed by atoms with Gasteiger partial charge in [-0.2, -0.15) is 0 Å². The Kier molecular flexibility index (Phi) is 5.81. The lowest BCUT2D eigenvalue weighted by atomic mass is 10.1. The van der Waals surface area contributed by atoms with E-state index in [4.69, 9.17) is 0 Å². The first-order valence-electron chi connectivity index (χ1n) is 4.34. The maximum absolute atomic E-state index is 10.4. The highest BCUT2D eigenvalue weighted by Gasteiger charge is 1.94. The van der Waals surface area contributed by atoms with Crippen molar-refractivity contribution in [1.29, 1.82) is 0 Å². The standard InChI is InChI=1S/C10H18O/c1-4-5-10(8-11)7-6-9(2)3/h7-9H,4-6H2,1-3H3. The van der Waals surface area contributed by atoms with Gasteiger partial charge in [0, 0.05) is 0 Å². The van der Waals surface area contributed by atoms with Gasteiger partial charge in [-0.25, -0.2) is 0 Å². The van der Waals surface area contributed by atoms with Crippen molar-refractivity contribution in [2.45, 2.75) is 40.0 Å². The molecule has 0 aromatic carbocycles. The van der Waals surface area contributed by atoms with E-state index in [1.807, 2.05) is 0 Å². The summed E-state index contributed by atoms with van der Waals surface area (Å²) in [6.45, 7) is 6.41. The van der Waals surface area contributed by atoms with Gasteiger partial charge in [-0.3, -0.25) is 4.79 Å². The largest absolute Gasteiger partial charge is 0.298 e. The highest BCUT2D eigenvalue weighted by Crippen LogP contribution is 2.07. The maximum Gasteiger partial charge on any atom is 0.145 e. The van der Waals surface area contributed by atoms with Gasteiger partial charge in [0.05, 0.1) is 0 Å². The normalized spacial score (nSPS) is 12.2. The summed E-state index contributed by atoms with van der Waals surface area (Å²) < 4.78 is 0. The molecule has 0 aromatic heterocycles. The minimum absolute atomic E-state index is 0.654. The molecule has 0 N–H and O–H groups in total. The number of allylic oxidation sites excluding steroid dienone is 2. The minimum Gasteiger partial charge on any atom is -0.298 e. The first-order valence-corrected chi connectivity index (χ1v) is 4.34. The minimum atomic E-state index is 0.654. The van der Waals surface area contributed by atoms with E-state index in [0.717, 1.165) is 31.1 Å². The molecule has 1 nitrogen and oxygen atoms in total. The van der Waals surface area contributed by atoms with Gasteiger partial charge in [0.2, 0.25) is 0 Å². The lowest BCUT2D eigenvalue weighted by molar-refractivity contribution is -0.105. The third-order valence-corrected chi connectivity index (χ3v) is 1.54. The SMILES string of the molecule is CCCC(C=O)=CCC(C)C. The summed E-state index contributed by atoms with van der Waals surface area (Å²) in [4.78, 5) is 10.4. The molecule has 0 saturated carbocycles. The molecule has 64 valence electrons. The number of aldehydes is 1. The zero-order valence-corrected chi connectivity index (χ0v) is 7.76. The van der Waals surface area contributed by atoms with Crippen LogP contribution >= 0.6 is 0 Å². The van der Waals surface area contributed by atoms with Gasteiger partial charge in [0.1, 0.15) is 6.29 Å². The molecular weight excluding hydrogens is 136 g/mol. The molecule has 0 aliphatic carbocycles. The molecule has 0 fully saturated rings. The summed E-state index contributed by atoms with van der Waals surface area (Å²) in [7, 11) is 0. The van der Waals surface area contributed by atoms with Crippen molar-refractivity contribution >= 4 is 6.29 Å². The van der Waals surface area contributed by atoms with Crippen LogP contribution in [0, 0.1) is 5.92 Å². The fourth-order valence-corrected chi connectivity index (χ4v) is 0.885. The van der Waals surface area contributed by atoms with Crippen LogP contribution < -0.4 is 0 Å². The monoisotopic (exact) mass is 154 g/mol. The maximum atomic E-state index is 10.4. The van der Waals surface area contributed by atoms with E-state index in [2.05, 4.69) is 26.8 Å². The van der Waals surface area contributed by atoms with Crippen molar-refractivity contribution in [2.75, 3.05) is 0 Å². The number of carbonyl (C=O) groups excluding carboxylic acids is 1. The summed E-state index contributed by atoms with van der Waals surface area (Å²) in [5, 5.41) is 0. The van der Waals surface area contributed by atoms with Crippen LogP contribution in [-0.2, 0) is 4.79 Å². The number of hydrogen-bond acceptors (Lipinski definition) is 1. The Balaban J connectivity index is 3.80. The van der Waals surface area contributed by atoms with Crippen LogP contribution in [0.2, 0.25) is 0 Å². The van der Waals surface area contributed by atoms with E-state index in [-0.39, 0.29) is 0 Å². The summed E-state index contributed by atoms with van der Waals surface area (Å²) >= 11 is 0. The molecule has 0 rings (SSSR count). The van der Waals surface area contributed by atoms with Gasteiger partial charge < -0.3 is 0 Å². The third kappa shape index (κ3) is 5.84. The van der Waals surface area contributed by atoms with E-state index in [1.165, 1.54) is 0 Å². The van der Waals surface area contributed by atoms with E-state index >= 15 is 0 Å². The molecule has 0 bridgehead atoms. The molecule has 0 radical (unpaired) electrons. The van der Waals surface area contributed by atoms with E-state index < -0.39 is 0 Å². The average molecular weight is 154 g/mol. The van der Waals surface area contributed by atoms with Crippen LogP contribution in [0.25, 0.3) is 0 Å². The highest BCUT2D eigenvalue weighted by molar-refractivity contribution is 5.72. The quantitative estimate of drug-likeness (QED) is 0.439. The molecule has 0 saturated heterocycles. The van der Waals surface area contributed by atoms with Crippen molar-refractivity contribution in [3.05, 3.63) is 11.6 Å². The van der Waals surface area contributed by atoms with Crippen LogP contribution in [-0.4, -0.2) is 6.29 Å². The van der Waals surface area contributed by atoms with Gasteiger partial charge in [-0.05, 0) is 24.3 Å². The molecule has 0 atom stereocenters. The van der Waals surface area contributed by atoms with Crippen LogP contribution in [0.15, 0.2) is 11.6 Å².